The van der Waals surface area contributed by atoms with Gasteiger partial charge in [0, 0.05) is 20.9 Å². The monoisotopic (exact) mass is 360 g/mol. The molecule has 2 nitrogen and oxygen atoms in total. The Bertz CT molecular complexity index is 733. The van der Waals surface area contributed by atoms with Crippen LogP contribution < -0.4 is 5.32 Å². The van der Waals surface area contributed by atoms with E-state index in [0.29, 0.717) is 0 Å². The van der Waals surface area contributed by atoms with Gasteiger partial charge in [0.05, 0.1) is 11.7 Å². The average Bonchev–Trinajstić information content (AvgIpc) is 2.94. The first kappa shape index (κ1) is 14.7. The molecular formula is C17H17BrN2S. The molecule has 3 rings (SSSR count). The Morgan fingerprint density at radius 1 is 1.24 bits per heavy atom. The maximum atomic E-state index is 4.68. The summed E-state index contributed by atoms with van der Waals surface area (Å²) in [6.45, 7) is 3.16. The van der Waals surface area contributed by atoms with Gasteiger partial charge in [-0.3, -0.25) is 4.98 Å². The molecule has 108 valence electrons. The standard InChI is InChI=1S/C17H17BrN2S/c1-2-9-19-16(17-14(18)8-11-21-17)15-13-6-4-3-5-12(13)7-10-20-15/h3-8,10-11,16,19H,2,9H2,1H3. The van der Waals surface area contributed by atoms with Gasteiger partial charge in [0.15, 0.2) is 0 Å². The van der Waals surface area contributed by atoms with Crippen LogP contribution in [0.25, 0.3) is 10.8 Å². The predicted octanol–water partition coefficient (Wildman–Crippen LogP) is 5.15. The number of aromatic nitrogens is 1. The van der Waals surface area contributed by atoms with Crippen molar-refractivity contribution in [2.75, 3.05) is 6.54 Å². The third-order valence-electron chi connectivity index (χ3n) is 3.48. The first-order chi connectivity index (χ1) is 10.3. The quantitative estimate of drug-likeness (QED) is 0.680. The molecule has 0 saturated heterocycles. The molecule has 0 bridgehead atoms. The Morgan fingerprint density at radius 2 is 2.10 bits per heavy atom. The lowest BCUT2D eigenvalue weighted by Crippen LogP contribution is -2.23. The Kier molecular flexibility index (Phi) is 4.68. The first-order valence-electron chi connectivity index (χ1n) is 7.11. The molecule has 0 radical (unpaired) electrons. The Balaban J connectivity index is 2.12. The lowest BCUT2D eigenvalue weighted by atomic mass is 10.0. The van der Waals surface area contributed by atoms with Crippen LogP contribution in [-0.4, -0.2) is 11.5 Å². The molecule has 0 amide bonds. The second kappa shape index (κ2) is 6.69. The summed E-state index contributed by atoms with van der Waals surface area (Å²) >= 11 is 5.42. The highest BCUT2D eigenvalue weighted by Crippen LogP contribution is 2.35. The van der Waals surface area contributed by atoms with Crippen molar-refractivity contribution in [3.8, 4) is 0 Å². The van der Waals surface area contributed by atoms with Gasteiger partial charge in [0.2, 0.25) is 0 Å². The van der Waals surface area contributed by atoms with E-state index in [1.54, 1.807) is 11.3 Å². The summed E-state index contributed by atoms with van der Waals surface area (Å²) in [4.78, 5) is 5.97. The number of hydrogen-bond acceptors (Lipinski definition) is 3. The molecule has 0 fully saturated rings. The number of halogens is 1. The lowest BCUT2D eigenvalue weighted by molar-refractivity contribution is 0.596. The summed E-state index contributed by atoms with van der Waals surface area (Å²) in [5.41, 5.74) is 1.10. The summed E-state index contributed by atoms with van der Waals surface area (Å²) < 4.78 is 1.15. The number of fused-ring (bicyclic) bond motifs is 1. The van der Waals surface area contributed by atoms with Crippen molar-refractivity contribution in [2.45, 2.75) is 19.4 Å². The van der Waals surface area contributed by atoms with Crippen LogP contribution in [0, 0.1) is 0 Å². The topological polar surface area (TPSA) is 24.9 Å². The van der Waals surface area contributed by atoms with Crippen LogP contribution in [0.3, 0.4) is 0 Å². The zero-order valence-electron chi connectivity index (χ0n) is 11.8. The van der Waals surface area contributed by atoms with E-state index in [2.05, 4.69) is 74.9 Å². The Morgan fingerprint density at radius 3 is 2.86 bits per heavy atom. The van der Waals surface area contributed by atoms with Gasteiger partial charge < -0.3 is 5.32 Å². The van der Waals surface area contributed by atoms with E-state index in [-0.39, 0.29) is 6.04 Å². The number of thiophene rings is 1. The van der Waals surface area contributed by atoms with Crippen molar-refractivity contribution < 1.29 is 0 Å². The first-order valence-corrected chi connectivity index (χ1v) is 8.78. The van der Waals surface area contributed by atoms with Crippen LogP contribution in [0.15, 0.2) is 52.4 Å². The van der Waals surface area contributed by atoms with E-state index in [9.17, 15) is 0 Å². The van der Waals surface area contributed by atoms with E-state index in [0.717, 1.165) is 23.1 Å². The molecule has 1 aromatic carbocycles. The highest BCUT2D eigenvalue weighted by molar-refractivity contribution is 9.10. The minimum atomic E-state index is 0.130. The SMILES string of the molecule is CCCNC(c1sccc1Br)c1nccc2ccccc12. The van der Waals surface area contributed by atoms with Crippen molar-refractivity contribution in [1.29, 1.82) is 0 Å². The van der Waals surface area contributed by atoms with Gasteiger partial charge in [-0.1, -0.05) is 31.2 Å². The van der Waals surface area contributed by atoms with Crippen molar-refractivity contribution in [2.24, 2.45) is 0 Å². The van der Waals surface area contributed by atoms with E-state index in [4.69, 9.17) is 0 Å². The van der Waals surface area contributed by atoms with E-state index in [1.807, 2.05) is 6.20 Å². The number of nitrogens with zero attached hydrogens (tertiary/aromatic N) is 1. The molecule has 0 aliphatic carbocycles. The molecule has 0 aliphatic rings. The second-order valence-corrected chi connectivity index (χ2v) is 6.74. The van der Waals surface area contributed by atoms with E-state index in [1.165, 1.54) is 15.6 Å². The van der Waals surface area contributed by atoms with Crippen molar-refractivity contribution in [3.05, 3.63) is 63.0 Å². The molecule has 2 aromatic heterocycles. The van der Waals surface area contributed by atoms with Crippen molar-refractivity contribution in [1.82, 2.24) is 10.3 Å². The van der Waals surface area contributed by atoms with Crippen LogP contribution in [0.5, 0.6) is 0 Å². The minimum Gasteiger partial charge on any atom is -0.304 e. The molecule has 0 aliphatic heterocycles. The third kappa shape index (κ3) is 3.03. The van der Waals surface area contributed by atoms with Gasteiger partial charge in [-0.2, -0.15) is 0 Å². The van der Waals surface area contributed by atoms with Crippen molar-refractivity contribution >= 4 is 38.0 Å². The van der Waals surface area contributed by atoms with Gasteiger partial charge in [0.1, 0.15) is 0 Å². The fourth-order valence-electron chi connectivity index (χ4n) is 2.49. The summed E-state index contributed by atoms with van der Waals surface area (Å²) in [6, 6.07) is 12.7. The van der Waals surface area contributed by atoms with E-state index < -0.39 is 0 Å². The number of nitrogens with one attached hydrogen (secondary N) is 1. The molecule has 1 atom stereocenters. The smallest absolute Gasteiger partial charge is 0.0862 e. The van der Waals surface area contributed by atoms with Crippen LogP contribution in [0.4, 0.5) is 0 Å². The Hall–Kier alpha value is -1.23. The fourth-order valence-corrected chi connectivity index (χ4v) is 4.17. The maximum absolute atomic E-state index is 4.68. The highest BCUT2D eigenvalue weighted by Gasteiger charge is 2.20. The molecule has 3 aromatic rings. The molecule has 2 heterocycles. The van der Waals surface area contributed by atoms with Crippen LogP contribution in [0.1, 0.15) is 30.0 Å². The number of hydrogen-bond donors (Lipinski definition) is 1. The lowest BCUT2D eigenvalue weighted by Gasteiger charge is -2.19. The van der Waals surface area contributed by atoms with Gasteiger partial charge >= 0.3 is 0 Å². The average molecular weight is 361 g/mol. The zero-order chi connectivity index (χ0) is 14.7. The molecule has 4 heteroatoms. The predicted molar refractivity (Wildman–Crippen MR) is 93.9 cm³/mol. The second-order valence-electron chi connectivity index (χ2n) is 4.94. The molecular weight excluding hydrogens is 344 g/mol. The normalized spacial score (nSPS) is 12.7. The number of rotatable bonds is 5. The fraction of sp³-hybridized carbons (Fsp3) is 0.235. The number of pyridine rings is 1. The third-order valence-corrected chi connectivity index (χ3v) is 5.42. The van der Waals surface area contributed by atoms with Gasteiger partial charge in [0.25, 0.3) is 0 Å². The summed E-state index contributed by atoms with van der Waals surface area (Å²) in [6.07, 6.45) is 3.00. The minimum absolute atomic E-state index is 0.130. The molecule has 0 saturated carbocycles. The molecule has 1 N–H and O–H groups in total. The van der Waals surface area contributed by atoms with Crippen LogP contribution in [-0.2, 0) is 0 Å². The van der Waals surface area contributed by atoms with Gasteiger partial charge in [-0.25, -0.2) is 0 Å². The van der Waals surface area contributed by atoms with Crippen LogP contribution in [0.2, 0.25) is 0 Å². The molecule has 1 unspecified atom stereocenters. The molecule has 0 spiro atoms. The number of benzene rings is 1. The Labute approximate surface area is 137 Å². The summed E-state index contributed by atoms with van der Waals surface area (Å²) in [5, 5.41) is 8.21. The van der Waals surface area contributed by atoms with Crippen LogP contribution >= 0.6 is 27.3 Å². The summed E-state index contributed by atoms with van der Waals surface area (Å²) in [7, 11) is 0. The zero-order valence-corrected chi connectivity index (χ0v) is 14.2. The molecule has 21 heavy (non-hydrogen) atoms. The summed E-state index contributed by atoms with van der Waals surface area (Å²) in [5.74, 6) is 0. The van der Waals surface area contributed by atoms with Gasteiger partial charge in [-0.05, 0) is 51.8 Å². The van der Waals surface area contributed by atoms with Gasteiger partial charge in [-0.15, -0.1) is 11.3 Å². The maximum Gasteiger partial charge on any atom is 0.0862 e. The van der Waals surface area contributed by atoms with E-state index >= 15 is 0 Å². The highest BCUT2D eigenvalue weighted by atomic mass is 79.9. The van der Waals surface area contributed by atoms with Crippen molar-refractivity contribution in [3.63, 3.8) is 0 Å². The largest absolute Gasteiger partial charge is 0.304 e.